The average molecular weight is 276 g/mol. The van der Waals surface area contributed by atoms with E-state index in [1.165, 1.54) is 0 Å². The van der Waals surface area contributed by atoms with Crippen LogP contribution in [-0.2, 0) is 10.0 Å². The molecular weight excluding hydrogens is 248 g/mol. The molecule has 0 atom stereocenters. The van der Waals surface area contributed by atoms with Crippen LogP contribution in [0.4, 0.5) is 0 Å². The second-order valence-electron chi connectivity index (χ2n) is 6.12. The van der Waals surface area contributed by atoms with Crippen LogP contribution < -0.4 is 5.32 Å². The normalized spacial score (nSPS) is 20.7. The van der Waals surface area contributed by atoms with Crippen LogP contribution in [0.25, 0.3) is 0 Å². The van der Waals surface area contributed by atoms with E-state index in [1.54, 1.807) is 4.31 Å². The maximum Gasteiger partial charge on any atom is 0.214 e. The van der Waals surface area contributed by atoms with E-state index in [2.05, 4.69) is 19.2 Å². The van der Waals surface area contributed by atoms with Gasteiger partial charge in [-0.25, -0.2) is 8.42 Å². The van der Waals surface area contributed by atoms with Gasteiger partial charge in [0.1, 0.15) is 0 Å². The first kappa shape index (κ1) is 15.9. The third-order valence-corrected chi connectivity index (χ3v) is 5.70. The summed E-state index contributed by atoms with van der Waals surface area (Å²) < 4.78 is 26.2. The topological polar surface area (TPSA) is 49.4 Å². The van der Waals surface area contributed by atoms with Crippen molar-refractivity contribution in [3.8, 4) is 0 Å². The van der Waals surface area contributed by atoms with Crippen molar-refractivity contribution in [3.63, 3.8) is 0 Å². The lowest BCUT2D eigenvalue weighted by Gasteiger charge is -2.30. The largest absolute Gasteiger partial charge is 0.315 e. The third-order valence-electron chi connectivity index (χ3n) is 3.54. The summed E-state index contributed by atoms with van der Waals surface area (Å²) >= 11 is 0. The number of nitrogens with one attached hydrogen (secondary N) is 1. The van der Waals surface area contributed by atoms with Crippen molar-refractivity contribution in [1.29, 1.82) is 0 Å². The van der Waals surface area contributed by atoms with E-state index in [0.717, 1.165) is 32.2 Å². The van der Waals surface area contributed by atoms with E-state index >= 15 is 0 Å². The molecule has 0 unspecified atom stereocenters. The van der Waals surface area contributed by atoms with E-state index in [9.17, 15) is 8.42 Å². The Bertz CT molecular complexity index is 350. The van der Waals surface area contributed by atoms with Gasteiger partial charge in [0, 0.05) is 18.1 Å². The number of rotatable bonds is 7. The predicted molar refractivity (Wildman–Crippen MR) is 76.2 cm³/mol. The number of nitrogens with zero attached hydrogens (tertiary/aromatic N) is 1. The summed E-state index contributed by atoms with van der Waals surface area (Å²) in [5.41, 5.74) is -0.186. The number of hydrogen-bond acceptors (Lipinski definition) is 3. The molecule has 1 fully saturated rings. The lowest BCUT2D eigenvalue weighted by molar-refractivity contribution is 0.291. The van der Waals surface area contributed by atoms with Crippen molar-refractivity contribution >= 4 is 10.0 Å². The molecule has 5 heteroatoms. The summed E-state index contributed by atoms with van der Waals surface area (Å²) in [5.74, 6) is 0.288. The van der Waals surface area contributed by atoms with Gasteiger partial charge in [0.2, 0.25) is 10.0 Å². The van der Waals surface area contributed by atoms with Gasteiger partial charge < -0.3 is 5.32 Å². The molecule has 1 N–H and O–H groups in total. The molecular formula is C13H28N2O2S. The highest BCUT2D eigenvalue weighted by molar-refractivity contribution is 7.89. The lowest BCUT2D eigenvalue weighted by Crippen LogP contribution is -2.43. The van der Waals surface area contributed by atoms with Crippen LogP contribution in [0, 0.1) is 0 Å². The molecule has 0 aromatic carbocycles. The third kappa shape index (κ3) is 4.52. The summed E-state index contributed by atoms with van der Waals surface area (Å²) in [7, 11) is -3.06. The van der Waals surface area contributed by atoms with Gasteiger partial charge in [0.25, 0.3) is 0 Å². The minimum atomic E-state index is -3.06. The first-order valence-electron chi connectivity index (χ1n) is 6.99. The summed E-state index contributed by atoms with van der Waals surface area (Å²) in [4.78, 5) is 0. The Morgan fingerprint density at radius 3 is 2.44 bits per heavy atom. The first-order chi connectivity index (χ1) is 8.26. The zero-order chi connectivity index (χ0) is 13.8. The second-order valence-corrected chi connectivity index (χ2v) is 8.13. The molecule has 1 aliphatic rings. The van der Waals surface area contributed by atoms with Crippen LogP contribution in [-0.4, -0.2) is 43.1 Å². The van der Waals surface area contributed by atoms with Crippen LogP contribution in [0.5, 0.6) is 0 Å². The average Bonchev–Trinajstić information content (AvgIpc) is 2.57. The van der Waals surface area contributed by atoms with Crippen LogP contribution in [0.2, 0.25) is 0 Å². The molecule has 1 saturated heterocycles. The molecule has 0 radical (unpaired) electrons. The smallest absolute Gasteiger partial charge is 0.214 e. The molecule has 108 valence electrons. The summed E-state index contributed by atoms with van der Waals surface area (Å²) in [6.07, 6.45) is 3.63. The minimum Gasteiger partial charge on any atom is -0.315 e. The highest BCUT2D eigenvalue weighted by Gasteiger charge is 2.39. The molecule has 1 aliphatic heterocycles. The van der Waals surface area contributed by atoms with Gasteiger partial charge in [-0.05, 0) is 46.1 Å². The van der Waals surface area contributed by atoms with Crippen molar-refractivity contribution in [3.05, 3.63) is 0 Å². The Labute approximate surface area is 112 Å². The van der Waals surface area contributed by atoms with E-state index in [1.807, 2.05) is 13.8 Å². The van der Waals surface area contributed by atoms with Gasteiger partial charge >= 0.3 is 0 Å². The van der Waals surface area contributed by atoms with E-state index in [4.69, 9.17) is 0 Å². The molecule has 1 heterocycles. The monoisotopic (exact) mass is 276 g/mol. The Balaban J connectivity index is 2.36. The standard InChI is InChI=1S/C13H28N2O2S/c1-12(2)14-9-5-6-11-18(16,17)15-10-7-8-13(15,3)4/h12,14H,5-11H2,1-4H3. The lowest BCUT2D eigenvalue weighted by atomic mass is 10.0. The second kappa shape index (κ2) is 6.35. The molecule has 0 amide bonds. The number of unbranched alkanes of at least 4 members (excludes halogenated alkanes) is 1. The van der Waals surface area contributed by atoms with E-state index < -0.39 is 10.0 Å². The zero-order valence-electron chi connectivity index (χ0n) is 12.2. The summed E-state index contributed by atoms with van der Waals surface area (Å²) in [6, 6.07) is 0.471. The van der Waals surface area contributed by atoms with Crippen LogP contribution in [0.15, 0.2) is 0 Å². The molecule has 0 saturated carbocycles. The maximum atomic E-state index is 12.3. The fourth-order valence-corrected chi connectivity index (χ4v) is 4.55. The van der Waals surface area contributed by atoms with Gasteiger partial charge in [0.05, 0.1) is 5.75 Å². The van der Waals surface area contributed by atoms with Gasteiger partial charge in [-0.3, -0.25) is 0 Å². The quantitative estimate of drug-likeness (QED) is 0.723. The highest BCUT2D eigenvalue weighted by atomic mass is 32.2. The highest BCUT2D eigenvalue weighted by Crippen LogP contribution is 2.31. The summed E-state index contributed by atoms with van der Waals surface area (Å²) in [5, 5.41) is 3.31. The van der Waals surface area contributed by atoms with E-state index in [0.29, 0.717) is 12.6 Å². The SMILES string of the molecule is CC(C)NCCCCS(=O)(=O)N1CCCC1(C)C. The van der Waals surface area contributed by atoms with Crippen molar-refractivity contribution in [1.82, 2.24) is 9.62 Å². The van der Waals surface area contributed by atoms with E-state index in [-0.39, 0.29) is 11.3 Å². The van der Waals surface area contributed by atoms with Crippen molar-refractivity contribution in [2.75, 3.05) is 18.8 Å². The Kier molecular flexibility index (Phi) is 5.62. The molecule has 18 heavy (non-hydrogen) atoms. The Morgan fingerprint density at radius 2 is 1.94 bits per heavy atom. The minimum absolute atomic E-state index is 0.186. The molecule has 0 bridgehead atoms. The Morgan fingerprint density at radius 1 is 1.28 bits per heavy atom. The fourth-order valence-electron chi connectivity index (χ4n) is 2.51. The van der Waals surface area contributed by atoms with Crippen LogP contribution in [0.1, 0.15) is 53.4 Å². The Hall–Kier alpha value is -0.130. The molecule has 0 aromatic heterocycles. The van der Waals surface area contributed by atoms with Crippen LogP contribution in [0.3, 0.4) is 0 Å². The molecule has 1 rings (SSSR count). The van der Waals surface area contributed by atoms with Crippen LogP contribution >= 0.6 is 0 Å². The fraction of sp³-hybridized carbons (Fsp3) is 1.00. The van der Waals surface area contributed by atoms with Crippen molar-refractivity contribution in [2.45, 2.75) is 65.0 Å². The molecule has 0 aromatic rings. The predicted octanol–water partition coefficient (Wildman–Crippen LogP) is 1.97. The van der Waals surface area contributed by atoms with Crippen molar-refractivity contribution < 1.29 is 8.42 Å². The van der Waals surface area contributed by atoms with Gasteiger partial charge in [-0.15, -0.1) is 0 Å². The van der Waals surface area contributed by atoms with Crippen molar-refractivity contribution in [2.24, 2.45) is 0 Å². The maximum absolute atomic E-state index is 12.3. The molecule has 0 aliphatic carbocycles. The first-order valence-corrected chi connectivity index (χ1v) is 8.60. The van der Waals surface area contributed by atoms with Gasteiger partial charge in [-0.2, -0.15) is 4.31 Å². The number of sulfonamides is 1. The van der Waals surface area contributed by atoms with Gasteiger partial charge in [-0.1, -0.05) is 13.8 Å². The summed E-state index contributed by atoms with van der Waals surface area (Å²) in [6.45, 7) is 9.85. The van der Waals surface area contributed by atoms with Gasteiger partial charge in [0.15, 0.2) is 0 Å². The molecule has 4 nitrogen and oxygen atoms in total. The zero-order valence-corrected chi connectivity index (χ0v) is 13.0. The number of hydrogen-bond donors (Lipinski definition) is 1. The molecule has 0 spiro atoms.